The minimum atomic E-state index is -0.176. The number of ether oxygens (including phenoxy) is 1. The quantitative estimate of drug-likeness (QED) is 0.356. The average Bonchev–Trinajstić information content (AvgIpc) is 2.38. The van der Waals surface area contributed by atoms with Gasteiger partial charge in [-0.25, -0.2) is 0 Å². The van der Waals surface area contributed by atoms with Crippen LogP contribution in [-0.2, 0) is 4.79 Å². The van der Waals surface area contributed by atoms with Crippen LogP contribution < -0.4 is 4.74 Å². The van der Waals surface area contributed by atoms with Gasteiger partial charge in [-0.1, -0.05) is 59.3 Å². The summed E-state index contributed by atoms with van der Waals surface area (Å²) >= 11 is 2.11. The molecule has 0 aliphatic carbocycles. The van der Waals surface area contributed by atoms with Crippen molar-refractivity contribution in [1.82, 2.24) is 0 Å². The fourth-order valence-electron chi connectivity index (χ4n) is 1.75. The van der Waals surface area contributed by atoms with Crippen LogP contribution in [0.1, 0.15) is 18.9 Å². The van der Waals surface area contributed by atoms with Crippen molar-refractivity contribution in [2.75, 3.05) is 0 Å². The number of rotatable bonds is 3. The zero-order valence-electron chi connectivity index (χ0n) is 10.4. The lowest BCUT2D eigenvalue weighted by atomic mass is 10.1. The van der Waals surface area contributed by atoms with E-state index in [1.54, 1.807) is 0 Å². The number of alkyl halides is 1. The van der Waals surface area contributed by atoms with Crippen molar-refractivity contribution in [2.45, 2.75) is 24.2 Å². The van der Waals surface area contributed by atoms with Crippen LogP contribution in [0.4, 0.5) is 0 Å². The van der Waals surface area contributed by atoms with Crippen molar-refractivity contribution in [3.63, 3.8) is 0 Å². The van der Waals surface area contributed by atoms with Crippen LogP contribution in [0.2, 0.25) is 0 Å². The van der Waals surface area contributed by atoms with Crippen LogP contribution in [0.5, 0.6) is 5.75 Å². The van der Waals surface area contributed by atoms with Crippen LogP contribution in [0.3, 0.4) is 0 Å². The molecule has 0 bridgehead atoms. The highest BCUT2D eigenvalue weighted by Crippen LogP contribution is 2.23. The van der Waals surface area contributed by atoms with Crippen LogP contribution in [0, 0.1) is 6.92 Å². The van der Waals surface area contributed by atoms with E-state index in [1.165, 1.54) is 5.56 Å². The molecule has 0 saturated carbocycles. The number of carbonyl (C=O) groups is 1. The van der Waals surface area contributed by atoms with Gasteiger partial charge in [-0.3, -0.25) is 4.79 Å². The van der Waals surface area contributed by atoms with Crippen molar-refractivity contribution in [2.24, 2.45) is 0 Å². The Kier molecular flexibility index (Phi) is 4.22. The van der Waals surface area contributed by atoms with Gasteiger partial charge in [0, 0.05) is 0 Å². The third-order valence-electron chi connectivity index (χ3n) is 2.80. The Hall–Kier alpha value is -1.10. The maximum atomic E-state index is 11.7. The standard InChI is InChI=1S/C15H15IO2/c1-3-14(16)15(17)18-13-7-6-11-8-10(2)4-5-12(11)9-13/h4-9,14H,3H2,1-2H3. The molecule has 2 aromatic rings. The average molecular weight is 354 g/mol. The van der Waals surface area contributed by atoms with E-state index in [4.69, 9.17) is 4.74 Å². The minimum Gasteiger partial charge on any atom is -0.426 e. The first-order chi connectivity index (χ1) is 8.60. The highest BCUT2D eigenvalue weighted by Gasteiger charge is 2.14. The number of hydrogen-bond acceptors (Lipinski definition) is 2. The first-order valence-electron chi connectivity index (χ1n) is 5.96. The van der Waals surface area contributed by atoms with Gasteiger partial charge in [-0.2, -0.15) is 0 Å². The number of esters is 1. The Morgan fingerprint density at radius 2 is 1.89 bits per heavy atom. The van der Waals surface area contributed by atoms with Gasteiger partial charge < -0.3 is 4.74 Å². The number of aryl methyl sites for hydroxylation is 1. The van der Waals surface area contributed by atoms with Crippen LogP contribution in [0.25, 0.3) is 10.8 Å². The predicted molar refractivity (Wildman–Crippen MR) is 82.4 cm³/mol. The Balaban J connectivity index is 2.25. The molecular formula is C15H15IO2. The summed E-state index contributed by atoms with van der Waals surface area (Å²) in [5.74, 6) is 0.441. The lowest BCUT2D eigenvalue weighted by Gasteiger charge is -2.08. The van der Waals surface area contributed by atoms with E-state index in [-0.39, 0.29) is 9.89 Å². The van der Waals surface area contributed by atoms with Gasteiger partial charge in [-0.05, 0) is 36.2 Å². The molecule has 0 aromatic heterocycles. The van der Waals surface area contributed by atoms with Crippen molar-refractivity contribution < 1.29 is 9.53 Å². The molecule has 0 aliphatic rings. The molecule has 0 spiro atoms. The summed E-state index contributed by atoms with van der Waals surface area (Å²) in [6.07, 6.45) is 0.784. The number of benzene rings is 2. The van der Waals surface area contributed by atoms with E-state index in [2.05, 4.69) is 41.6 Å². The number of carbonyl (C=O) groups excluding carboxylic acids is 1. The normalized spacial score (nSPS) is 12.4. The van der Waals surface area contributed by atoms with E-state index in [1.807, 2.05) is 31.2 Å². The summed E-state index contributed by atoms with van der Waals surface area (Å²) in [6, 6.07) is 12.0. The van der Waals surface area contributed by atoms with Gasteiger partial charge in [0.15, 0.2) is 0 Å². The monoisotopic (exact) mass is 354 g/mol. The molecule has 0 N–H and O–H groups in total. The van der Waals surface area contributed by atoms with E-state index in [0.717, 1.165) is 17.2 Å². The Morgan fingerprint density at radius 1 is 1.22 bits per heavy atom. The van der Waals surface area contributed by atoms with Crippen LogP contribution >= 0.6 is 22.6 Å². The predicted octanol–water partition coefficient (Wildman–Crippen LogP) is 4.27. The van der Waals surface area contributed by atoms with Crippen molar-refractivity contribution in [3.05, 3.63) is 42.0 Å². The lowest BCUT2D eigenvalue weighted by molar-refractivity contribution is -0.133. The molecule has 3 heteroatoms. The maximum absolute atomic E-state index is 11.7. The molecular weight excluding hydrogens is 339 g/mol. The largest absolute Gasteiger partial charge is 0.426 e. The summed E-state index contributed by atoms with van der Waals surface area (Å²) in [7, 11) is 0. The molecule has 0 radical (unpaired) electrons. The second kappa shape index (κ2) is 5.69. The Labute approximate surface area is 120 Å². The Bertz CT molecular complexity index is 578. The van der Waals surface area contributed by atoms with E-state index < -0.39 is 0 Å². The van der Waals surface area contributed by atoms with Gasteiger partial charge in [0.2, 0.25) is 0 Å². The lowest BCUT2D eigenvalue weighted by Crippen LogP contribution is -2.19. The first-order valence-corrected chi connectivity index (χ1v) is 7.21. The van der Waals surface area contributed by atoms with Crippen LogP contribution in [0.15, 0.2) is 36.4 Å². The molecule has 18 heavy (non-hydrogen) atoms. The highest BCUT2D eigenvalue weighted by atomic mass is 127. The summed E-state index contributed by atoms with van der Waals surface area (Å²) in [4.78, 5) is 11.7. The second-order valence-electron chi connectivity index (χ2n) is 4.31. The van der Waals surface area contributed by atoms with Crippen molar-refractivity contribution in [1.29, 1.82) is 0 Å². The minimum absolute atomic E-state index is 0.0867. The topological polar surface area (TPSA) is 26.3 Å². The number of fused-ring (bicyclic) bond motifs is 1. The van der Waals surface area contributed by atoms with Crippen LogP contribution in [-0.4, -0.2) is 9.89 Å². The van der Waals surface area contributed by atoms with Gasteiger partial charge in [0.05, 0.1) is 0 Å². The summed E-state index contributed by atoms with van der Waals surface area (Å²) < 4.78 is 5.27. The van der Waals surface area contributed by atoms with Gasteiger partial charge in [-0.15, -0.1) is 0 Å². The third-order valence-corrected chi connectivity index (χ3v) is 4.19. The zero-order valence-corrected chi connectivity index (χ0v) is 12.6. The zero-order chi connectivity index (χ0) is 13.1. The van der Waals surface area contributed by atoms with Gasteiger partial charge in [0.1, 0.15) is 9.67 Å². The van der Waals surface area contributed by atoms with Gasteiger partial charge in [0.25, 0.3) is 0 Å². The van der Waals surface area contributed by atoms with E-state index in [9.17, 15) is 4.79 Å². The molecule has 0 heterocycles. The maximum Gasteiger partial charge on any atom is 0.324 e. The third kappa shape index (κ3) is 3.02. The number of hydrogen-bond donors (Lipinski definition) is 0. The molecule has 1 unspecified atom stereocenters. The fraction of sp³-hybridized carbons (Fsp3) is 0.267. The molecule has 2 rings (SSSR count). The molecule has 0 fully saturated rings. The molecule has 2 nitrogen and oxygen atoms in total. The number of halogens is 1. The summed E-state index contributed by atoms with van der Waals surface area (Å²) in [5.41, 5.74) is 1.23. The SMILES string of the molecule is CCC(I)C(=O)Oc1ccc2cc(C)ccc2c1. The molecule has 0 aliphatic heterocycles. The van der Waals surface area contributed by atoms with E-state index in [0.29, 0.717) is 5.75 Å². The Morgan fingerprint density at radius 3 is 2.61 bits per heavy atom. The highest BCUT2D eigenvalue weighted by molar-refractivity contribution is 14.1. The van der Waals surface area contributed by atoms with E-state index >= 15 is 0 Å². The molecule has 0 saturated heterocycles. The first kappa shape index (κ1) is 13.3. The molecule has 94 valence electrons. The summed E-state index contributed by atoms with van der Waals surface area (Å²) in [6.45, 7) is 4.04. The smallest absolute Gasteiger partial charge is 0.324 e. The van der Waals surface area contributed by atoms with Gasteiger partial charge >= 0.3 is 5.97 Å². The van der Waals surface area contributed by atoms with Crippen molar-refractivity contribution in [3.8, 4) is 5.75 Å². The summed E-state index contributed by atoms with van der Waals surface area (Å²) in [5, 5.41) is 2.25. The molecule has 1 atom stereocenters. The molecule has 2 aromatic carbocycles. The second-order valence-corrected chi connectivity index (χ2v) is 5.81. The fourth-order valence-corrected chi connectivity index (χ4v) is 1.88. The molecule has 0 amide bonds. The van der Waals surface area contributed by atoms with Crippen molar-refractivity contribution >= 4 is 39.3 Å².